The third kappa shape index (κ3) is 8.01. The van der Waals surface area contributed by atoms with E-state index in [1.807, 2.05) is 17.0 Å². The van der Waals surface area contributed by atoms with Gasteiger partial charge in [-0.25, -0.2) is 9.59 Å². The lowest BCUT2D eigenvalue weighted by Crippen LogP contribution is -2.31. The number of hydrogen-bond acceptors (Lipinski definition) is 9. The van der Waals surface area contributed by atoms with Crippen molar-refractivity contribution in [2.24, 2.45) is 15.4 Å². The van der Waals surface area contributed by atoms with E-state index in [9.17, 15) is 14.5 Å². The molecule has 0 saturated heterocycles. The van der Waals surface area contributed by atoms with Crippen LogP contribution in [-0.2, 0) is 19.1 Å². The third-order valence-corrected chi connectivity index (χ3v) is 4.00. The smallest absolute Gasteiger partial charge is 0.330 e. The molecule has 0 N–H and O–H groups in total. The van der Waals surface area contributed by atoms with Crippen LogP contribution in [0.2, 0.25) is 0 Å². The number of benzene rings is 2. The largest absolute Gasteiger partial charge is 0.461 e. The zero-order valence-electron chi connectivity index (χ0n) is 16.8. The molecular formula is C22H22N4O5. The number of nitroso groups, excluding NO2 is 1. The van der Waals surface area contributed by atoms with Gasteiger partial charge in [0.2, 0.25) is 0 Å². The van der Waals surface area contributed by atoms with Gasteiger partial charge in [-0.15, -0.1) is 4.91 Å². The highest BCUT2D eigenvalue weighted by molar-refractivity contribution is 5.81. The van der Waals surface area contributed by atoms with Gasteiger partial charge in [0.1, 0.15) is 18.9 Å². The Labute approximate surface area is 179 Å². The summed E-state index contributed by atoms with van der Waals surface area (Å²) >= 11 is 0. The lowest BCUT2D eigenvalue weighted by Gasteiger charge is -2.24. The molecule has 2 aromatic carbocycles. The summed E-state index contributed by atoms with van der Waals surface area (Å²) in [7, 11) is 0. The number of carbonyl (C=O) groups excluding carboxylic acids is 2. The number of hydrogen-bond donors (Lipinski definition) is 0. The number of anilines is 1. The zero-order chi connectivity index (χ0) is 22.5. The van der Waals surface area contributed by atoms with Crippen molar-refractivity contribution in [3.63, 3.8) is 0 Å². The van der Waals surface area contributed by atoms with Gasteiger partial charge in [0, 0.05) is 17.8 Å². The molecule has 9 nitrogen and oxygen atoms in total. The van der Waals surface area contributed by atoms with Gasteiger partial charge in [0.05, 0.1) is 24.5 Å². The molecule has 0 aliphatic heterocycles. The summed E-state index contributed by atoms with van der Waals surface area (Å²) in [6.45, 7) is 7.80. The standard InChI is InChI=1S/C22H22N4O5/c1-3-21(27)30-15-13-26(14-16-31-22(28)4-2)20-11-9-18(10-12-20)24-23-17-5-7-19(25-29)8-6-17/h3-12H,1-2,13-16H2. The molecule has 0 heterocycles. The van der Waals surface area contributed by atoms with E-state index in [1.54, 1.807) is 36.4 Å². The molecule has 0 aromatic heterocycles. The normalized spacial score (nSPS) is 10.3. The summed E-state index contributed by atoms with van der Waals surface area (Å²) in [6.07, 6.45) is 2.19. The Morgan fingerprint density at radius 1 is 0.774 bits per heavy atom. The van der Waals surface area contributed by atoms with Gasteiger partial charge in [-0.1, -0.05) is 13.2 Å². The Morgan fingerprint density at radius 3 is 1.61 bits per heavy atom. The maximum Gasteiger partial charge on any atom is 0.330 e. The summed E-state index contributed by atoms with van der Waals surface area (Å²) in [5.74, 6) is -1.02. The first kappa shape index (κ1) is 23.1. The molecule has 0 fully saturated rings. The van der Waals surface area contributed by atoms with Crippen LogP contribution in [0.3, 0.4) is 0 Å². The molecular weight excluding hydrogens is 400 g/mol. The Bertz CT molecular complexity index is 913. The average molecular weight is 422 g/mol. The van der Waals surface area contributed by atoms with E-state index < -0.39 is 11.9 Å². The number of ether oxygens (including phenoxy) is 2. The highest BCUT2D eigenvalue weighted by Crippen LogP contribution is 2.23. The van der Waals surface area contributed by atoms with Crippen LogP contribution in [0.4, 0.5) is 22.7 Å². The number of esters is 2. The first-order valence-corrected chi connectivity index (χ1v) is 9.34. The van der Waals surface area contributed by atoms with Crippen molar-refractivity contribution in [1.29, 1.82) is 0 Å². The zero-order valence-corrected chi connectivity index (χ0v) is 16.8. The van der Waals surface area contributed by atoms with Crippen molar-refractivity contribution < 1.29 is 19.1 Å². The molecule has 2 aromatic rings. The van der Waals surface area contributed by atoms with Crippen molar-refractivity contribution in [3.8, 4) is 0 Å². The molecule has 0 bridgehead atoms. The van der Waals surface area contributed by atoms with Gasteiger partial charge < -0.3 is 14.4 Å². The second-order valence-corrected chi connectivity index (χ2v) is 6.05. The fourth-order valence-corrected chi connectivity index (χ4v) is 2.43. The lowest BCUT2D eigenvalue weighted by atomic mass is 10.2. The molecule has 0 spiro atoms. The molecule has 0 aliphatic carbocycles. The van der Waals surface area contributed by atoms with Crippen LogP contribution in [-0.4, -0.2) is 38.2 Å². The van der Waals surface area contributed by atoms with Crippen LogP contribution in [0.15, 0.2) is 89.2 Å². The van der Waals surface area contributed by atoms with Crippen molar-refractivity contribution in [3.05, 3.63) is 78.7 Å². The predicted molar refractivity (Wildman–Crippen MR) is 117 cm³/mol. The van der Waals surface area contributed by atoms with Crippen LogP contribution in [0.5, 0.6) is 0 Å². The van der Waals surface area contributed by atoms with Gasteiger partial charge >= 0.3 is 11.9 Å². The number of azo groups is 1. The van der Waals surface area contributed by atoms with Crippen molar-refractivity contribution >= 4 is 34.7 Å². The second kappa shape index (κ2) is 12.4. The minimum absolute atomic E-state index is 0.146. The van der Waals surface area contributed by atoms with E-state index in [4.69, 9.17) is 9.47 Å². The Morgan fingerprint density at radius 2 is 1.19 bits per heavy atom. The fraction of sp³-hybridized carbons (Fsp3) is 0.182. The van der Waals surface area contributed by atoms with Crippen LogP contribution in [0, 0.1) is 4.91 Å². The average Bonchev–Trinajstić information content (AvgIpc) is 2.82. The summed E-state index contributed by atoms with van der Waals surface area (Å²) in [5, 5.41) is 11.1. The predicted octanol–water partition coefficient (Wildman–Crippen LogP) is 4.76. The minimum Gasteiger partial charge on any atom is -0.461 e. The van der Waals surface area contributed by atoms with E-state index in [1.165, 1.54) is 0 Å². The summed E-state index contributed by atoms with van der Waals surface area (Å²) < 4.78 is 10.1. The molecule has 31 heavy (non-hydrogen) atoms. The molecule has 0 saturated carbocycles. The molecule has 0 radical (unpaired) electrons. The fourth-order valence-electron chi connectivity index (χ4n) is 2.43. The van der Waals surface area contributed by atoms with Crippen molar-refractivity contribution in [1.82, 2.24) is 0 Å². The van der Waals surface area contributed by atoms with Crippen LogP contribution < -0.4 is 4.90 Å². The summed E-state index contributed by atoms with van der Waals surface area (Å²) in [5.41, 5.74) is 2.36. The third-order valence-electron chi connectivity index (χ3n) is 4.00. The van der Waals surface area contributed by atoms with E-state index in [2.05, 4.69) is 28.6 Å². The molecule has 160 valence electrons. The lowest BCUT2D eigenvalue weighted by molar-refractivity contribution is -0.137. The van der Waals surface area contributed by atoms with E-state index in [0.717, 1.165) is 17.8 Å². The summed E-state index contributed by atoms with van der Waals surface area (Å²) in [6, 6.07) is 13.6. The van der Waals surface area contributed by atoms with Crippen LogP contribution in [0.1, 0.15) is 0 Å². The number of nitrogens with zero attached hydrogens (tertiary/aromatic N) is 4. The van der Waals surface area contributed by atoms with E-state index in [-0.39, 0.29) is 13.2 Å². The maximum atomic E-state index is 11.3. The molecule has 2 rings (SSSR count). The second-order valence-electron chi connectivity index (χ2n) is 6.05. The monoisotopic (exact) mass is 422 g/mol. The topological polar surface area (TPSA) is 110 Å². The Balaban J connectivity index is 2.03. The molecule has 0 amide bonds. The van der Waals surface area contributed by atoms with E-state index in [0.29, 0.717) is 30.2 Å². The number of rotatable bonds is 12. The highest BCUT2D eigenvalue weighted by atomic mass is 16.5. The molecule has 0 unspecified atom stereocenters. The van der Waals surface area contributed by atoms with Crippen molar-refractivity contribution in [2.45, 2.75) is 0 Å². The Kier molecular flexibility index (Phi) is 9.28. The molecule has 0 aliphatic rings. The first-order valence-electron chi connectivity index (χ1n) is 9.34. The summed E-state index contributed by atoms with van der Waals surface area (Å²) in [4.78, 5) is 34.9. The first-order chi connectivity index (χ1) is 15.0. The molecule has 9 heteroatoms. The minimum atomic E-state index is -0.509. The van der Waals surface area contributed by atoms with Gasteiger partial charge in [0.25, 0.3) is 0 Å². The van der Waals surface area contributed by atoms with Gasteiger partial charge in [-0.2, -0.15) is 10.2 Å². The highest BCUT2D eigenvalue weighted by Gasteiger charge is 2.09. The van der Waals surface area contributed by atoms with Crippen LogP contribution >= 0.6 is 0 Å². The number of carbonyl (C=O) groups is 2. The van der Waals surface area contributed by atoms with Gasteiger partial charge in [-0.05, 0) is 53.7 Å². The maximum absolute atomic E-state index is 11.3. The van der Waals surface area contributed by atoms with Gasteiger partial charge in [-0.3, -0.25) is 0 Å². The molecule has 0 atom stereocenters. The Hall–Kier alpha value is -4.14. The quantitative estimate of drug-likeness (QED) is 0.211. The SMILES string of the molecule is C=CC(=O)OCCN(CCOC(=O)C=C)c1ccc(N=Nc2ccc(N=O)cc2)cc1. The van der Waals surface area contributed by atoms with Crippen LogP contribution in [0.25, 0.3) is 0 Å². The van der Waals surface area contributed by atoms with Gasteiger partial charge in [0.15, 0.2) is 0 Å². The van der Waals surface area contributed by atoms with E-state index >= 15 is 0 Å². The van der Waals surface area contributed by atoms with Crippen molar-refractivity contribution in [2.75, 3.05) is 31.2 Å².